The molecule has 4 rings (SSSR count). The normalized spacial score (nSPS) is 13.2. The van der Waals surface area contributed by atoms with E-state index in [4.69, 9.17) is 4.84 Å². The summed E-state index contributed by atoms with van der Waals surface area (Å²) in [5.74, 6) is -2.12. The third kappa shape index (κ3) is 2.27. The van der Waals surface area contributed by atoms with E-state index >= 15 is 0 Å². The van der Waals surface area contributed by atoms with Crippen molar-refractivity contribution in [2.24, 2.45) is 0 Å². The molecule has 0 spiro atoms. The molecule has 25 heavy (non-hydrogen) atoms. The average Bonchev–Trinajstić information content (AvgIpc) is 2.87. The summed E-state index contributed by atoms with van der Waals surface area (Å²) in [6.45, 7) is 1.91. The summed E-state index contributed by atoms with van der Waals surface area (Å²) >= 11 is 0. The molecule has 1 aliphatic rings. The van der Waals surface area contributed by atoms with Gasteiger partial charge in [0, 0.05) is 11.6 Å². The first-order valence-corrected chi connectivity index (χ1v) is 7.62. The van der Waals surface area contributed by atoms with Crippen LogP contribution in [0.5, 0.6) is 0 Å². The van der Waals surface area contributed by atoms with Crippen LogP contribution in [0, 0.1) is 6.92 Å². The summed E-state index contributed by atoms with van der Waals surface area (Å²) in [6.07, 6.45) is 1.57. The number of hydrogen-bond donors (Lipinski definition) is 0. The second-order valence-corrected chi connectivity index (χ2v) is 5.66. The number of amides is 2. The largest absolute Gasteiger partial charge is 0.366 e. The summed E-state index contributed by atoms with van der Waals surface area (Å²) in [4.78, 5) is 46.5. The molecule has 3 aromatic rings. The molecule has 2 heterocycles. The first-order valence-electron chi connectivity index (χ1n) is 7.62. The van der Waals surface area contributed by atoms with Crippen LogP contribution in [-0.4, -0.2) is 27.8 Å². The zero-order chi connectivity index (χ0) is 17.6. The zero-order valence-corrected chi connectivity index (χ0v) is 13.2. The van der Waals surface area contributed by atoms with Crippen molar-refractivity contribution in [2.45, 2.75) is 6.92 Å². The third-order valence-corrected chi connectivity index (χ3v) is 4.14. The Morgan fingerprint density at radius 2 is 1.64 bits per heavy atom. The van der Waals surface area contributed by atoms with Crippen LogP contribution >= 0.6 is 0 Å². The van der Waals surface area contributed by atoms with Crippen LogP contribution in [-0.2, 0) is 4.84 Å². The fraction of sp³-hybridized carbons (Fsp3) is 0.0526. The van der Waals surface area contributed by atoms with Crippen LogP contribution in [0.15, 0.2) is 54.7 Å². The lowest BCUT2D eigenvalue weighted by molar-refractivity contribution is -0.0583. The molecule has 0 radical (unpaired) electrons. The minimum absolute atomic E-state index is 0.192. The number of hydrogen-bond acceptors (Lipinski definition) is 5. The molecule has 2 amide bonds. The van der Waals surface area contributed by atoms with Crippen molar-refractivity contribution >= 4 is 28.7 Å². The number of imide groups is 1. The monoisotopic (exact) mass is 332 g/mol. The fourth-order valence-electron chi connectivity index (χ4n) is 2.86. The highest BCUT2D eigenvalue weighted by molar-refractivity contribution is 6.21. The van der Waals surface area contributed by atoms with Crippen molar-refractivity contribution in [3.8, 4) is 0 Å². The SMILES string of the molecule is Cc1ccc(C(=O)ON2C(=O)c3ccccc3C2=O)c2ncccc12. The van der Waals surface area contributed by atoms with Gasteiger partial charge in [0.2, 0.25) is 0 Å². The minimum atomic E-state index is -0.807. The zero-order valence-electron chi connectivity index (χ0n) is 13.2. The predicted octanol–water partition coefficient (Wildman–Crippen LogP) is 2.91. The van der Waals surface area contributed by atoms with Gasteiger partial charge in [-0.2, -0.15) is 0 Å². The smallest absolute Gasteiger partial charge is 0.324 e. The Kier molecular flexibility index (Phi) is 3.32. The summed E-state index contributed by atoms with van der Waals surface area (Å²) in [6, 6.07) is 13.3. The van der Waals surface area contributed by atoms with E-state index in [0.717, 1.165) is 10.9 Å². The minimum Gasteiger partial charge on any atom is -0.324 e. The highest BCUT2D eigenvalue weighted by Gasteiger charge is 2.39. The van der Waals surface area contributed by atoms with Crippen molar-refractivity contribution in [3.63, 3.8) is 0 Å². The van der Waals surface area contributed by atoms with Gasteiger partial charge in [-0.15, -0.1) is 0 Å². The van der Waals surface area contributed by atoms with Crippen LogP contribution in [0.2, 0.25) is 0 Å². The maximum Gasteiger partial charge on any atom is 0.366 e. The van der Waals surface area contributed by atoms with Gasteiger partial charge in [-0.3, -0.25) is 14.6 Å². The van der Waals surface area contributed by atoms with E-state index < -0.39 is 17.8 Å². The molecule has 0 aliphatic carbocycles. The van der Waals surface area contributed by atoms with E-state index in [1.807, 2.05) is 13.0 Å². The van der Waals surface area contributed by atoms with Gasteiger partial charge in [-0.05, 0) is 36.8 Å². The number of hydroxylamine groups is 2. The van der Waals surface area contributed by atoms with E-state index in [1.165, 1.54) is 12.1 Å². The molecule has 0 bridgehead atoms. The molecule has 0 N–H and O–H groups in total. The van der Waals surface area contributed by atoms with Crippen LogP contribution < -0.4 is 0 Å². The van der Waals surface area contributed by atoms with Gasteiger partial charge >= 0.3 is 5.97 Å². The molecule has 0 unspecified atom stereocenters. The molecule has 0 fully saturated rings. The first kappa shape index (κ1) is 15.0. The molecule has 122 valence electrons. The lowest BCUT2D eigenvalue weighted by atomic mass is 10.1. The Hall–Kier alpha value is -3.54. The highest BCUT2D eigenvalue weighted by atomic mass is 16.7. The van der Waals surface area contributed by atoms with Crippen LogP contribution in [0.25, 0.3) is 10.9 Å². The summed E-state index contributed by atoms with van der Waals surface area (Å²) in [7, 11) is 0. The van der Waals surface area contributed by atoms with E-state index in [-0.39, 0.29) is 16.7 Å². The quantitative estimate of drug-likeness (QED) is 0.674. The van der Waals surface area contributed by atoms with Gasteiger partial charge < -0.3 is 4.84 Å². The number of aryl methyl sites for hydroxylation is 1. The molecule has 1 aromatic heterocycles. The molecular weight excluding hydrogens is 320 g/mol. The molecule has 1 aliphatic heterocycles. The fourth-order valence-corrected chi connectivity index (χ4v) is 2.86. The molecule has 0 saturated heterocycles. The Balaban J connectivity index is 1.70. The number of carbonyl (C=O) groups excluding carboxylic acids is 3. The van der Waals surface area contributed by atoms with Crippen LogP contribution in [0.4, 0.5) is 0 Å². The van der Waals surface area contributed by atoms with Crippen molar-refractivity contribution in [1.82, 2.24) is 10.0 Å². The van der Waals surface area contributed by atoms with Crippen molar-refractivity contribution in [1.29, 1.82) is 0 Å². The Labute approximate surface area is 142 Å². The average molecular weight is 332 g/mol. The second-order valence-electron chi connectivity index (χ2n) is 5.66. The predicted molar refractivity (Wildman–Crippen MR) is 88.8 cm³/mol. The van der Waals surface area contributed by atoms with E-state index in [9.17, 15) is 14.4 Å². The second kappa shape index (κ2) is 5.52. The summed E-state index contributed by atoms with van der Waals surface area (Å²) in [5.41, 5.74) is 2.04. The van der Waals surface area contributed by atoms with Crippen LogP contribution in [0.1, 0.15) is 36.6 Å². The topological polar surface area (TPSA) is 76.6 Å². The summed E-state index contributed by atoms with van der Waals surface area (Å²) in [5, 5.41) is 1.31. The Morgan fingerprint density at radius 1 is 0.960 bits per heavy atom. The summed E-state index contributed by atoms with van der Waals surface area (Å²) < 4.78 is 0. The Bertz CT molecular complexity index is 1020. The first-order chi connectivity index (χ1) is 12.1. The molecule has 2 aromatic carbocycles. The lowest BCUT2D eigenvalue weighted by Crippen LogP contribution is -2.32. The highest BCUT2D eigenvalue weighted by Crippen LogP contribution is 2.25. The lowest BCUT2D eigenvalue weighted by Gasteiger charge is -2.13. The number of benzene rings is 2. The number of pyridine rings is 1. The van der Waals surface area contributed by atoms with Gasteiger partial charge in [-0.25, -0.2) is 4.79 Å². The standard InChI is InChI=1S/C19H12N2O4/c1-11-8-9-15(16-12(11)7-4-10-20-16)19(24)25-21-17(22)13-5-2-3-6-14(13)18(21)23/h2-10H,1H3. The maximum absolute atomic E-state index is 12.6. The maximum atomic E-state index is 12.6. The molecule has 6 heteroatoms. The third-order valence-electron chi connectivity index (χ3n) is 4.14. The molecule has 6 nitrogen and oxygen atoms in total. The van der Waals surface area contributed by atoms with Crippen molar-refractivity contribution in [2.75, 3.05) is 0 Å². The van der Waals surface area contributed by atoms with E-state index in [0.29, 0.717) is 10.6 Å². The van der Waals surface area contributed by atoms with Crippen LogP contribution in [0.3, 0.4) is 0 Å². The molecule has 0 saturated carbocycles. The van der Waals surface area contributed by atoms with Gasteiger partial charge in [-0.1, -0.05) is 29.3 Å². The number of aromatic nitrogens is 1. The van der Waals surface area contributed by atoms with Gasteiger partial charge in [0.1, 0.15) is 0 Å². The number of nitrogens with zero attached hydrogens (tertiary/aromatic N) is 2. The van der Waals surface area contributed by atoms with Crippen molar-refractivity contribution < 1.29 is 19.2 Å². The number of rotatable bonds is 2. The van der Waals surface area contributed by atoms with Gasteiger partial charge in [0.15, 0.2) is 0 Å². The van der Waals surface area contributed by atoms with Gasteiger partial charge in [0.05, 0.1) is 22.2 Å². The van der Waals surface area contributed by atoms with E-state index in [1.54, 1.807) is 36.5 Å². The molecule has 0 atom stereocenters. The number of fused-ring (bicyclic) bond motifs is 2. The molecular formula is C19H12N2O4. The van der Waals surface area contributed by atoms with Gasteiger partial charge in [0.25, 0.3) is 11.8 Å². The Morgan fingerprint density at radius 3 is 2.32 bits per heavy atom. The number of carbonyl (C=O) groups is 3. The van der Waals surface area contributed by atoms with Crippen molar-refractivity contribution in [3.05, 3.63) is 77.0 Å². The van der Waals surface area contributed by atoms with E-state index in [2.05, 4.69) is 4.98 Å².